The van der Waals surface area contributed by atoms with Gasteiger partial charge in [0.05, 0.1) is 0 Å². The molecule has 1 unspecified atom stereocenters. The van der Waals surface area contributed by atoms with E-state index in [4.69, 9.17) is 0 Å². The van der Waals surface area contributed by atoms with E-state index in [0.29, 0.717) is 18.4 Å². The number of nitrogens with zero attached hydrogens (tertiary/aromatic N) is 1. The van der Waals surface area contributed by atoms with E-state index in [1.807, 2.05) is 0 Å². The summed E-state index contributed by atoms with van der Waals surface area (Å²) in [5, 5.41) is 5.71. The van der Waals surface area contributed by atoms with Crippen molar-refractivity contribution in [1.82, 2.24) is 10.2 Å². The summed E-state index contributed by atoms with van der Waals surface area (Å²) in [6.07, 6.45) is 2.66. The van der Waals surface area contributed by atoms with Gasteiger partial charge >= 0.3 is 0 Å². The third-order valence-corrected chi connectivity index (χ3v) is 6.17. The quantitative estimate of drug-likeness (QED) is 0.937. The number of thiophene rings is 1. The Bertz CT molecular complexity index is 699. The maximum absolute atomic E-state index is 12.4. The summed E-state index contributed by atoms with van der Waals surface area (Å²) in [6, 6.07) is 11.4. The van der Waals surface area contributed by atoms with Gasteiger partial charge in [0.1, 0.15) is 0 Å². The molecule has 0 bridgehead atoms. The lowest BCUT2D eigenvalue weighted by Gasteiger charge is -2.24. The van der Waals surface area contributed by atoms with Gasteiger partial charge in [-0.1, -0.05) is 24.3 Å². The van der Waals surface area contributed by atoms with Gasteiger partial charge in [-0.05, 0) is 47.9 Å². The van der Waals surface area contributed by atoms with Crippen molar-refractivity contribution in [2.45, 2.75) is 44.8 Å². The molecule has 0 radical (unpaired) electrons. The molecule has 2 heterocycles. The molecule has 1 aromatic carbocycles. The van der Waals surface area contributed by atoms with E-state index in [1.165, 1.54) is 21.6 Å². The van der Waals surface area contributed by atoms with E-state index in [9.17, 15) is 4.79 Å². The molecule has 23 heavy (non-hydrogen) atoms. The second-order valence-electron chi connectivity index (χ2n) is 6.69. The van der Waals surface area contributed by atoms with Crippen molar-refractivity contribution >= 4 is 17.2 Å². The number of carbonyl (C=O) groups excluding carboxylic acids is 1. The van der Waals surface area contributed by atoms with Gasteiger partial charge < -0.3 is 10.2 Å². The summed E-state index contributed by atoms with van der Waals surface area (Å²) in [6.45, 7) is 3.87. The van der Waals surface area contributed by atoms with Crippen molar-refractivity contribution in [2.24, 2.45) is 0 Å². The zero-order valence-electron chi connectivity index (χ0n) is 13.4. The number of fused-ring (bicyclic) bond motifs is 1. The Kier molecular flexibility index (Phi) is 3.95. The number of aryl methyl sites for hydroxylation is 1. The molecule has 2 aliphatic rings. The van der Waals surface area contributed by atoms with E-state index in [-0.39, 0.29) is 6.04 Å². The number of rotatable bonds is 4. The van der Waals surface area contributed by atoms with Crippen molar-refractivity contribution in [3.63, 3.8) is 0 Å². The Morgan fingerprint density at radius 2 is 1.91 bits per heavy atom. The van der Waals surface area contributed by atoms with Crippen LogP contribution in [0.4, 0.5) is 0 Å². The van der Waals surface area contributed by atoms with Crippen LogP contribution >= 0.6 is 11.3 Å². The summed E-state index contributed by atoms with van der Waals surface area (Å²) in [7, 11) is 0. The predicted octanol–water partition coefficient (Wildman–Crippen LogP) is 2.91. The van der Waals surface area contributed by atoms with Gasteiger partial charge in [0.2, 0.25) is 5.91 Å². The first-order valence-corrected chi connectivity index (χ1v) is 9.21. The number of nitrogens with one attached hydrogen (secondary N) is 1. The highest BCUT2D eigenvalue weighted by Gasteiger charge is 2.36. The molecule has 1 N–H and O–H groups in total. The van der Waals surface area contributed by atoms with E-state index in [1.54, 1.807) is 11.3 Å². The highest BCUT2D eigenvalue weighted by molar-refractivity contribution is 7.10. The third kappa shape index (κ3) is 2.93. The van der Waals surface area contributed by atoms with Crippen molar-refractivity contribution in [3.05, 3.63) is 57.3 Å². The lowest BCUT2D eigenvalue weighted by atomic mass is 10.1. The summed E-state index contributed by atoms with van der Waals surface area (Å²) in [5.41, 5.74) is 4.17. The van der Waals surface area contributed by atoms with E-state index in [2.05, 4.69) is 52.9 Å². The molecule has 1 aliphatic heterocycles. The molecule has 0 spiro atoms. The molecule has 4 heteroatoms. The van der Waals surface area contributed by atoms with Gasteiger partial charge in [-0.2, -0.15) is 0 Å². The van der Waals surface area contributed by atoms with E-state index >= 15 is 0 Å². The van der Waals surface area contributed by atoms with Gasteiger partial charge in [-0.25, -0.2) is 0 Å². The number of hydrogen-bond donors (Lipinski definition) is 1. The topological polar surface area (TPSA) is 32.3 Å². The fraction of sp³-hybridized carbons (Fsp3) is 0.421. The second kappa shape index (κ2) is 6.10. The average Bonchev–Trinajstić information content (AvgIpc) is 3.23. The van der Waals surface area contributed by atoms with Crippen LogP contribution in [0, 0.1) is 6.92 Å². The van der Waals surface area contributed by atoms with E-state index in [0.717, 1.165) is 25.9 Å². The molecular weight excluding hydrogens is 304 g/mol. The molecule has 1 amide bonds. The van der Waals surface area contributed by atoms with Crippen LogP contribution in [-0.2, 0) is 24.2 Å². The molecular formula is C19H22N2OS. The third-order valence-electron chi connectivity index (χ3n) is 5.15. The molecule has 1 aromatic heterocycles. The Labute approximate surface area is 141 Å². The Morgan fingerprint density at radius 3 is 2.57 bits per heavy atom. The normalized spacial score (nSPS) is 21.2. The first kappa shape index (κ1) is 14.9. The average molecular weight is 326 g/mol. The van der Waals surface area contributed by atoms with Crippen molar-refractivity contribution in [3.8, 4) is 0 Å². The maximum atomic E-state index is 12.4. The Balaban J connectivity index is 1.37. The monoisotopic (exact) mass is 326 g/mol. The molecule has 1 fully saturated rings. The van der Waals surface area contributed by atoms with Gasteiger partial charge in [0.15, 0.2) is 0 Å². The molecule has 1 saturated heterocycles. The highest BCUT2D eigenvalue weighted by Crippen LogP contribution is 2.28. The Hall–Kier alpha value is -1.65. The first-order chi connectivity index (χ1) is 11.2. The fourth-order valence-electron chi connectivity index (χ4n) is 3.80. The summed E-state index contributed by atoms with van der Waals surface area (Å²) >= 11 is 1.79. The van der Waals surface area contributed by atoms with Crippen LogP contribution < -0.4 is 5.32 Å². The number of carbonyl (C=O) groups is 1. The van der Waals surface area contributed by atoms with Crippen LogP contribution in [0.2, 0.25) is 0 Å². The van der Waals surface area contributed by atoms with Gasteiger partial charge in [-0.15, -0.1) is 11.3 Å². The number of amides is 1. The lowest BCUT2D eigenvalue weighted by molar-refractivity contribution is -0.129. The zero-order valence-corrected chi connectivity index (χ0v) is 14.2. The van der Waals surface area contributed by atoms with Gasteiger partial charge in [0, 0.05) is 36.5 Å². The van der Waals surface area contributed by atoms with Crippen molar-refractivity contribution < 1.29 is 4.79 Å². The van der Waals surface area contributed by atoms with Gasteiger partial charge in [0.25, 0.3) is 0 Å². The number of likely N-dealkylation sites (tertiary alicyclic amines) is 1. The van der Waals surface area contributed by atoms with E-state index < -0.39 is 0 Å². The van der Waals surface area contributed by atoms with Crippen molar-refractivity contribution in [1.29, 1.82) is 0 Å². The first-order valence-electron chi connectivity index (χ1n) is 8.33. The van der Waals surface area contributed by atoms with Crippen LogP contribution in [-0.4, -0.2) is 29.4 Å². The summed E-state index contributed by atoms with van der Waals surface area (Å²) in [5.74, 6) is 0.309. The predicted molar refractivity (Wildman–Crippen MR) is 93.7 cm³/mol. The highest BCUT2D eigenvalue weighted by atomic mass is 32.1. The summed E-state index contributed by atoms with van der Waals surface area (Å²) in [4.78, 5) is 15.9. The van der Waals surface area contributed by atoms with Crippen LogP contribution in [0.1, 0.15) is 28.0 Å². The van der Waals surface area contributed by atoms with Crippen LogP contribution in [0.5, 0.6) is 0 Å². The van der Waals surface area contributed by atoms with Crippen molar-refractivity contribution in [2.75, 3.05) is 6.54 Å². The Morgan fingerprint density at radius 1 is 1.17 bits per heavy atom. The summed E-state index contributed by atoms with van der Waals surface area (Å²) < 4.78 is 0. The number of hydrogen-bond acceptors (Lipinski definition) is 3. The SMILES string of the molecule is Cc1ccsc1CNC1CC(=O)N(C2Cc3ccccc3C2)C1. The minimum absolute atomic E-state index is 0.285. The minimum Gasteiger partial charge on any atom is -0.337 e. The molecule has 1 atom stereocenters. The second-order valence-corrected chi connectivity index (χ2v) is 7.69. The molecule has 0 saturated carbocycles. The van der Waals surface area contributed by atoms with Gasteiger partial charge in [-0.3, -0.25) is 4.79 Å². The van der Waals surface area contributed by atoms with Crippen LogP contribution in [0.25, 0.3) is 0 Å². The standard InChI is InChI=1S/C19H22N2OS/c1-13-6-7-23-18(13)11-20-16-10-19(22)21(12-16)17-8-14-4-2-3-5-15(14)9-17/h2-7,16-17,20H,8-12H2,1H3. The lowest BCUT2D eigenvalue weighted by Crippen LogP contribution is -2.39. The molecule has 4 rings (SSSR count). The number of benzene rings is 1. The molecule has 120 valence electrons. The van der Waals surface area contributed by atoms with Crippen LogP contribution in [0.3, 0.4) is 0 Å². The minimum atomic E-state index is 0.285. The smallest absolute Gasteiger partial charge is 0.224 e. The molecule has 1 aliphatic carbocycles. The largest absolute Gasteiger partial charge is 0.337 e. The fourth-order valence-corrected chi connectivity index (χ4v) is 4.66. The molecule has 3 nitrogen and oxygen atoms in total. The zero-order chi connectivity index (χ0) is 15.8. The maximum Gasteiger partial charge on any atom is 0.224 e. The molecule has 2 aromatic rings. The van der Waals surface area contributed by atoms with Crippen LogP contribution in [0.15, 0.2) is 35.7 Å².